The van der Waals surface area contributed by atoms with E-state index in [2.05, 4.69) is 22.5 Å². The summed E-state index contributed by atoms with van der Waals surface area (Å²) in [7, 11) is 3.92. The van der Waals surface area contributed by atoms with Gasteiger partial charge in [0.2, 0.25) is 0 Å². The molecule has 32 heavy (non-hydrogen) atoms. The Balaban J connectivity index is 2.02. The number of rotatable bonds is 9. The molecule has 0 saturated carbocycles. The molecule has 1 aliphatic heterocycles. The van der Waals surface area contributed by atoms with E-state index >= 15 is 0 Å². The highest BCUT2D eigenvalue weighted by Crippen LogP contribution is 2.39. The molecule has 1 aliphatic rings. The maximum Gasteiger partial charge on any atom is 0.295 e. The van der Waals surface area contributed by atoms with Crippen LogP contribution in [0, 0.1) is 0 Å². The zero-order valence-corrected chi connectivity index (χ0v) is 19.8. The van der Waals surface area contributed by atoms with Crippen LogP contribution < -0.4 is 4.74 Å². The Bertz CT molecular complexity index is 1010. The maximum absolute atomic E-state index is 13.0. The SMILES string of the molecule is C=CCOc1ccc(/C(O)=C2\C(=O)C(=O)N(CCCN(C)C)C2c2ccc(Br)cc2)cc1. The van der Waals surface area contributed by atoms with Crippen molar-refractivity contribution in [2.45, 2.75) is 12.5 Å². The van der Waals surface area contributed by atoms with Gasteiger partial charge in [-0.15, -0.1) is 0 Å². The third-order valence-corrected chi connectivity index (χ3v) is 5.75. The molecule has 6 nitrogen and oxygen atoms in total. The van der Waals surface area contributed by atoms with Crippen LogP contribution in [-0.4, -0.2) is 60.4 Å². The quantitative estimate of drug-likeness (QED) is 0.240. The summed E-state index contributed by atoms with van der Waals surface area (Å²) in [5.41, 5.74) is 1.32. The van der Waals surface area contributed by atoms with Crippen molar-refractivity contribution in [3.05, 3.63) is 82.4 Å². The van der Waals surface area contributed by atoms with Crippen molar-refractivity contribution < 1.29 is 19.4 Å². The number of nitrogens with zero attached hydrogens (tertiary/aromatic N) is 2. The number of Topliss-reactive ketones (excluding diaryl/α,β-unsaturated/α-hetero) is 1. The van der Waals surface area contributed by atoms with E-state index in [1.165, 1.54) is 0 Å². The zero-order valence-electron chi connectivity index (χ0n) is 18.3. The number of aliphatic hydroxyl groups is 1. The number of ketones is 1. The van der Waals surface area contributed by atoms with Crippen LogP contribution in [0.1, 0.15) is 23.6 Å². The van der Waals surface area contributed by atoms with Gasteiger partial charge in [-0.1, -0.05) is 40.7 Å². The van der Waals surface area contributed by atoms with Crippen LogP contribution in [0.4, 0.5) is 0 Å². The van der Waals surface area contributed by atoms with Gasteiger partial charge in [-0.05, 0) is 69.0 Å². The summed E-state index contributed by atoms with van der Waals surface area (Å²) in [4.78, 5) is 29.5. The number of ether oxygens (including phenoxy) is 1. The molecule has 2 aromatic carbocycles. The predicted molar refractivity (Wildman–Crippen MR) is 128 cm³/mol. The summed E-state index contributed by atoms with van der Waals surface area (Å²) in [6, 6.07) is 13.6. The first kappa shape index (κ1) is 23.8. The lowest BCUT2D eigenvalue weighted by Gasteiger charge is -2.26. The van der Waals surface area contributed by atoms with E-state index in [9.17, 15) is 14.7 Å². The number of carbonyl (C=O) groups is 2. The molecule has 0 radical (unpaired) electrons. The molecule has 1 amide bonds. The van der Waals surface area contributed by atoms with Crippen LogP contribution in [0.3, 0.4) is 0 Å². The van der Waals surface area contributed by atoms with E-state index in [4.69, 9.17) is 4.74 Å². The molecular formula is C25H27BrN2O4. The summed E-state index contributed by atoms with van der Waals surface area (Å²) in [5, 5.41) is 11.1. The molecule has 0 bridgehead atoms. The first-order chi connectivity index (χ1) is 15.3. The largest absolute Gasteiger partial charge is 0.507 e. The number of hydrogen-bond donors (Lipinski definition) is 1. The molecular weight excluding hydrogens is 472 g/mol. The summed E-state index contributed by atoms with van der Waals surface area (Å²) in [6.07, 6.45) is 2.35. The van der Waals surface area contributed by atoms with Gasteiger partial charge < -0.3 is 19.6 Å². The topological polar surface area (TPSA) is 70.1 Å². The van der Waals surface area contributed by atoms with E-state index in [-0.39, 0.29) is 11.3 Å². The van der Waals surface area contributed by atoms with Gasteiger partial charge in [0.1, 0.15) is 18.1 Å². The van der Waals surface area contributed by atoms with Gasteiger partial charge in [-0.25, -0.2) is 0 Å². The number of aliphatic hydroxyl groups excluding tert-OH is 1. The lowest BCUT2D eigenvalue weighted by Crippen LogP contribution is -2.32. The number of hydrogen-bond acceptors (Lipinski definition) is 5. The Morgan fingerprint density at radius 1 is 1.16 bits per heavy atom. The average molecular weight is 499 g/mol. The second-order valence-electron chi connectivity index (χ2n) is 7.82. The fourth-order valence-corrected chi connectivity index (χ4v) is 3.94. The van der Waals surface area contributed by atoms with E-state index < -0.39 is 17.7 Å². The van der Waals surface area contributed by atoms with Gasteiger partial charge in [0.25, 0.3) is 11.7 Å². The fraction of sp³-hybridized carbons (Fsp3) is 0.280. The van der Waals surface area contributed by atoms with Crippen molar-refractivity contribution in [3.8, 4) is 5.75 Å². The molecule has 0 aromatic heterocycles. The highest BCUT2D eigenvalue weighted by molar-refractivity contribution is 9.10. The zero-order chi connectivity index (χ0) is 23.3. The van der Waals surface area contributed by atoms with Crippen molar-refractivity contribution in [3.63, 3.8) is 0 Å². The minimum atomic E-state index is -0.674. The van der Waals surface area contributed by atoms with Crippen molar-refractivity contribution in [1.29, 1.82) is 0 Å². The third kappa shape index (κ3) is 5.29. The first-order valence-electron chi connectivity index (χ1n) is 10.4. The standard InChI is InChI=1S/C25H27BrN2O4/c1-4-16-32-20-12-8-18(9-13-20)23(29)21-22(17-6-10-19(26)11-7-17)28(25(31)24(21)30)15-5-14-27(2)3/h4,6-13,22,29H,1,5,14-16H2,2-3H3/b23-21+. The van der Waals surface area contributed by atoms with E-state index in [1.54, 1.807) is 35.2 Å². The van der Waals surface area contributed by atoms with E-state index in [1.807, 2.05) is 43.3 Å². The molecule has 1 atom stereocenters. The number of benzene rings is 2. The molecule has 2 aromatic rings. The molecule has 0 spiro atoms. The third-order valence-electron chi connectivity index (χ3n) is 5.23. The molecule has 0 aliphatic carbocycles. The van der Waals surface area contributed by atoms with Crippen LogP contribution in [-0.2, 0) is 9.59 Å². The monoisotopic (exact) mass is 498 g/mol. The Morgan fingerprint density at radius 2 is 1.81 bits per heavy atom. The second-order valence-corrected chi connectivity index (χ2v) is 8.74. The van der Waals surface area contributed by atoms with E-state index in [0.717, 1.165) is 16.6 Å². The van der Waals surface area contributed by atoms with Crippen molar-refractivity contribution in [2.75, 3.05) is 33.8 Å². The average Bonchev–Trinajstić information content (AvgIpc) is 3.03. The molecule has 3 rings (SSSR count). The summed E-state index contributed by atoms with van der Waals surface area (Å²) in [6.45, 7) is 5.18. The predicted octanol–water partition coefficient (Wildman–Crippen LogP) is 4.39. The minimum absolute atomic E-state index is 0.0990. The fourth-order valence-electron chi connectivity index (χ4n) is 3.68. The summed E-state index contributed by atoms with van der Waals surface area (Å²) >= 11 is 3.42. The lowest BCUT2D eigenvalue weighted by atomic mass is 9.95. The Kier molecular flexibility index (Phi) is 7.88. The van der Waals surface area contributed by atoms with Crippen molar-refractivity contribution in [1.82, 2.24) is 9.80 Å². The number of likely N-dealkylation sites (tertiary alicyclic amines) is 1. The second kappa shape index (κ2) is 10.6. The maximum atomic E-state index is 13.0. The molecule has 168 valence electrons. The van der Waals surface area contributed by atoms with Crippen LogP contribution in [0.5, 0.6) is 5.75 Å². The number of halogens is 1. The number of amides is 1. The smallest absolute Gasteiger partial charge is 0.295 e. The van der Waals surface area contributed by atoms with Crippen LogP contribution in [0.25, 0.3) is 5.76 Å². The summed E-state index contributed by atoms with van der Waals surface area (Å²) < 4.78 is 6.37. The van der Waals surface area contributed by atoms with Gasteiger partial charge in [-0.2, -0.15) is 0 Å². The minimum Gasteiger partial charge on any atom is -0.507 e. The number of carbonyl (C=O) groups excluding carboxylic acids is 2. The van der Waals surface area contributed by atoms with Gasteiger partial charge in [0, 0.05) is 16.6 Å². The molecule has 1 heterocycles. The van der Waals surface area contributed by atoms with Gasteiger partial charge in [0.05, 0.1) is 11.6 Å². The van der Waals surface area contributed by atoms with Crippen molar-refractivity contribution >= 4 is 33.4 Å². The van der Waals surface area contributed by atoms with Crippen molar-refractivity contribution in [2.24, 2.45) is 0 Å². The molecule has 1 unspecified atom stereocenters. The molecule has 1 N–H and O–H groups in total. The molecule has 1 saturated heterocycles. The van der Waals surface area contributed by atoms with Crippen LogP contribution in [0.2, 0.25) is 0 Å². The first-order valence-corrected chi connectivity index (χ1v) is 11.2. The Labute approximate surface area is 196 Å². The normalized spacial score (nSPS) is 17.8. The highest BCUT2D eigenvalue weighted by atomic mass is 79.9. The molecule has 1 fully saturated rings. The lowest BCUT2D eigenvalue weighted by molar-refractivity contribution is -0.139. The van der Waals surface area contributed by atoms with Crippen LogP contribution in [0.15, 0.2) is 71.2 Å². The van der Waals surface area contributed by atoms with Gasteiger partial charge in [0.15, 0.2) is 0 Å². The van der Waals surface area contributed by atoms with E-state index in [0.29, 0.717) is 30.9 Å². The van der Waals surface area contributed by atoms with Gasteiger partial charge >= 0.3 is 0 Å². The Hall–Kier alpha value is -2.90. The van der Waals surface area contributed by atoms with Crippen LogP contribution >= 0.6 is 15.9 Å². The Morgan fingerprint density at radius 3 is 2.41 bits per heavy atom. The summed E-state index contributed by atoms with van der Waals surface area (Å²) in [5.74, 6) is -0.840. The van der Waals surface area contributed by atoms with Gasteiger partial charge in [-0.3, -0.25) is 9.59 Å². The molecule has 7 heteroatoms. The highest BCUT2D eigenvalue weighted by Gasteiger charge is 2.45.